The molecule has 0 atom stereocenters. The molecule has 1 heterocycles. The van der Waals surface area contributed by atoms with E-state index in [1.807, 2.05) is 0 Å². The third-order valence-corrected chi connectivity index (χ3v) is 2.68. The summed E-state index contributed by atoms with van der Waals surface area (Å²) in [4.78, 5) is 7.12. The topological polar surface area (TPSA) is 25.8 Å². The Morgan fingerprint density at radius 2 is 1.75 bits per heavy atom. The molecule has 0 saturated carbocycles. The van der Waals surface area contributed by atoms with Crippen LogP contribution >= 0.6 is 23.2 Å². The summed E-state index contributed by atoms with van der Waals surface area (Å²) in [7, 11) is 5.39. The number of aromatic nitrogens is 2. The summed E-state index contributed by atoms with van der Waals surface area (Å²) >= 11 is 11.2. The molecule has 0 fully saturated rings. The van der Waals surface area contributed by atoms with Crippen molar-refractivity contribution in [3.63, 3.8) is 0 Å². The van der Waals surface area contributed by atoms with Crippen molar-refractivity contribution in [2.24, 2.45) is 0 Å². The van der Waals surface area contributed by atoms with Crippen molar-refractivity contribution in [2.45, 2.75) is 6.92 Å². The monoisotopic (exact) mass is 258 g/mol. The normalized spacial score (nSPS) is 11.1. The molecular weight excluding hydrogens is 256 g/mol. The van der Waals surface area contributed by atoms with Gasteiger partial charge in [-0.15, -0.1) is 0 Å². The lowest BCUT2D eigenvalue weighted by Gasteiger charge is -2.09. The fourth-order valence-corrected chi connectivity index (χ4v) is 1.82. The van der Waals surface area contributed by atoms with Crippen LogP contribution in [0.1, 0.15) is 5.56 Å². The predicted molar refractivity (Wildman–Crippen MR) is 59.6 cm³/mol. The van der Waals surface area contributed by atoms with Gasteiger partial charge >= 0.3 is 0 Å². The molecule has 0 aliphatic carbocycles. The van der Waals surface area contributed by atoms with E-state index in [9.17, 15) is 8.78 Å². The second kappa shape index (κ2) is 3.82. The minimum Gasteiger partial charge on any atom is -0.215 e. The molecule has 0 bridgehead atoms. The first kappa shape index (κ1) is 11.5. The highest BCUT2D eigenvalue weighted by Gasteiger charge is 2.18. The SMILES string of the molecule is [B]c1c(C)c(F)c2c(Cl)nc(Cl)nc2c1F. The standard InChI is InChI=1S/C9H3BCl2F2N2/c1-2-4(10)6(14)7-3(5(2)13)8(11)16-9(12)15-7/h1H3. The Morgan fingerprint density at radius 3 is 2.38 bits per heavy atom. The first-order valence-electron chi connectivity index (χ1n) is 4.19. The van der Waals surface area contributed by atoms with E-state index in [-0.39, 0.29) is 32.4 Å². The molecule has 1 aromatic carbocycles. The molecule has 7 heteroatoms. The lowest BCUT2D eigenvalue weighted by molar-refractivity contribution is 0.614. The quantitative estimate of drug-likeness (QED) is 0.412. The molecule has 0 unspecified atom stereocenters. The Kier molecular flexibility index (Phi) is 2.76. The van der Waals surface area contributed by atoms with E-state index >= 15 is 0 Å². The maximum atomic E-state index is 13.8. The zero-order valence-corrected chi connectivity index (χ0v) is 9.50. The molecule has 0 aliphatic rings. The first-order valence-corrected chi connectivity index (χ1v) is 4.94. The van der Waals surface area contributed by atoms with Gasteiger partial charge in [-0.05, 0) is 24.1 Å². The smallest absolute Gasteiger partial charge is 0.215 e. The van der Waals surface area contributed by atoms with E-state index in [1.54, 1.807) is 0 Å². The Labute approximate surface area is 101 Å². The summed E-state index contributed by atoms with van der Waals surface area (Å²) in [6.07, 6.45) is 0. The van der Waals surface area contributed by atoms with Crippen LogP contribution in [-0.4, -0.2) is 17.8 Å². The Morgan fingerprint density at radius 1 is 1.12 bits per heavy atom. The van der Waals surface area contributed by atoms with Crippen molar-refractivity contribution < 1.29 is 8.78 Å². The molecule has 0 saturated heterocycles. The molecule has 0 spiro atoms. The summed E-state index contributed by atoms with van der Waals surface area (Å²) in [5.41, 5.74) is -0.653. The molecule has 2 nitrogen and oxygen atoms in total. The van der Waals surface area contributed by atoms with Crippen molar-refractivity contribution in [2.75, 3.05) is 0 Å². The van der Waals surface area contributed by atoms with E-state index in [2.05, 4.69) is 9.97 Å². The lowest BCUT2D eigenvalue weighted by Crippen LogP contribution is -2.16. The van der Waals surface area contributed by atoms with Gasteiger partial charge in [-0.25, -0.2) is 18.7 Å². The van der Waals surface area contributed by atoms with Crippen LogP contribution in [0.3, 0.4) is 0 Å². The van der Waals surface area contributed by atoms with Gasteiger partial charge in [0.05, 0.1) is 5.39 Å². The van der Waals surface area contributed by atoms with Gasteiger partial charge in [-0.1, -0.05) is 17.1 Å². The van der Waals surface area contributed by atoms with Crippen LogP contribution in [0, 0.1) is 18.6 Å². The zero-order chi connectivity index (χ0) is 12.0. The summed E-state index contributed by atoms with van der Waals surface area (Å²) in [5, 5.41) is -0.719. The number of benzene rings is 1. The maximum absolute atomic E-state index is 13.8. The summed E-state index contributed by atoms with van der Waals surface area (Å²) in [6.45, 7) is 1.35. The summed E-state index contributed by atoms with van der Waals surface area (Å²) in [5.74, 6) is -1.59. The fourth-order valence-electron chi connectivity index (χ4n) is 1.36. The van der Waals surface area contributed by atoms with Crippen molar-refractivity contribution in [1.82, 2.24) is 9.97 Å². The minimum absolute atomic E-state index is 0.0298. The van der Waals surface area contributed by atoms with Crippen molar-refractivity contribution in [1.29, 1.82) is 0 Å². The Hall–Kier alpha value is -0.935. The van der Waals surface area contributed by atoms with Crippen LogP contribution in [0.4, 0.5) is 8.78 Å². The molecule has 1 aromatic heterocycles. The van der Waals surface area contributed by atoms with E-state index in [1.165, 1.54) is 6.92 Å². The maximum Gasteiger partial charge on any atom is 0.224 e. The van der Waals surface area contributed by atoms with E-state index in [0.29, 0.717) is 0 Å². The van der Waals surface area contributed by atoms with E-state index in [4.69, 9.17) is 31.0 Å². The van der Waals surface area contributed by atoms with Crippen LogP contribution in [0.25, 0.3) is 10.9 Å². The minimum atomic E-state index is -0.847. The summed E-state index contributed by atoms with van der Waals surface area (Å²) in [6, 6.07) is 0. The average Bonchev–Trinajstić information content (AvgIpc) is 2.22. The van der Waals surface area contributed by atoms with Crippen LogP contribution in [0.15, 0.2) is 0 Å². The van der Waals surface area contributed by atoms with E-state index < -0.39 is 11.6 Å². The van der Waals surface area contributed by atoms with Gasteiger partial charge in [0.15, 0.2) is 0 Å². The van der Waals surface area contributed by atoms with E-state index in [0.717, 1.165) is 0 Å². The van der Waals surface area contributed by atoms with Gasteiger partial charge in [0.25, 0.3) is 0 Å². The van der Waals surface area contributed by atoms with Crippen LogP contribution in [0.5, 0.6) is 0 Å². The molecule has 2 rings (SSSR count). The van der Waals surface area contributed by atoms with Crippen molar-refractivity contribution >= 4 is 47.4 Å². The molecule has 0 N–H and O–H groups in total. The number of hydrogen-bond donors (Lipinski definition) is 0. The van der Waals surface area contributed by atoms with Gasteiger partial charge in [0.1, 0.15) is 30.2 Å². The van der Waals surface area contributed by atoms with Crippen LogP contribution < -0.4 is 5.46 Å². The van der Waals surface area contributed by atoms with Gasteiger partial charge in [0.2, 0.25) is 5.28 Å². The fraction of sp³-hybridized carbons (Fsp3) is 0.111. The second-order valence-corrected chi connectivity index (χ2v) is 3.87. The number of halogens is 4. The number of fused-ring (bicyclic) bond motifs is 1. The number of rotatable bonds is 0. The largest absolute Gasteiger partial charge is 0.224 e. The zero-order valence-electron chi connectivity index (χ0n) is 7.98. The Bertz CT molecular complexity index is 604. The third-order valence-electron chi connectivity index (χ3n) is 2.23. The highest BCUT2D eigenvalue weighted by Crippen LogP contribution is 2.27. The van der Waals surface area contributed by atoms with Gasteiger partial charge in [-0.3, -0.25) is 0 Å². The second-order valence-electron chi connectivity index (χ2n) is 3.17. The van der Waals surface area contributed by atoms with Crippen molar-refractivity contribution in [3.05, 3.63) is 27.6 Å². The molecular formula is C9H3BCl2F2N2. The highest BCUT2D eigenvalue weighted by atomic mass is 35.5. The van der Waals surface area contributed by atoms with Gasteiger partial charge < -0.3 is 0 Å². The molecule has 0 aliphatic heterocycles. The number of nitrogens with zero attached hydrogens (tertiary/aromatic N) is 2. The summed E-state index contributed by atoms with van der Waals surface area (Å²) < 4.78 is 27.5. The first-order chi connectivity index (χ1) is 7.43. The molecule has 2 aromatic rings. The molecule has 2 radical (unpaired) electrons. The molecule has 80 valence electrons. The van der Waals surface area contributed by atoms with Gasteiger partial charge in [-0.2, -0.15) is 0 Å². The van der Waals surface area contributed by atoms with Gasteiger partial charge in [0, 0.05) is 0 Å². The predicted octanol–water partition coefficient (Wildman–Crippen LogP) is 2.32. The van der Waals surface area contributed by atoms with Crippen molar-refractivity contribution in [3.8, 4) is 0 Å². The lowest BCUT2D eigenvalue weighted by atomic mass is 9.89. The molecule has 16 heavy (non-hydrogen) atoms. The van der Waals surface area contributed by atoms with Crippen LogP contribution in [0.2, 0.25) is 10.4 Å². The molecule has 0 amide bonds. The van der Waals surface area contributed by atoms with Crippen LogP contribution in [-0.2, 0) is 0 Å². The average molecular weight is 259 g/mol. The third kappa shape index (κ3) is 1.55. The highest BCUT2D eigenvalue weighted by molar-refractivity contribution is 6.38. The number of hydrogen-bond acceptors (Lipinski definition) is 2. The Balaban J connectivity index is 3.08.